The van der Waals surface area contributed by atoms with Crippen LogP contribution in [0.25, 0.3) is 11.3 Å². The van der Waals surface area contributed by atoms with Gasteiger partial charge in [-0.2, -0.15) is 5.10 Å². The van der Waals surface area contributed by atoms with E-state index in [0.29, 0.717) is 17.3 Å². The molecule has 0 saturated carbocycles. The number of rotatable bonds is 9. The fourth-order valence-electron chi connectivity index (χ4n) is 3.94. The normalized spacial score (nSPS) is 13.2. The molecule has 0 radical (unpaired) electrons. The molecule has 2 N–H and O–H groups in total. The van der Waals surface area contributed by atoms with Gasteiger partial charge in [0.05, 0.1) is 37.6 Å². The Morgan fingerprint density at radius 2 is 2.06 bits per heavy atom. The number of hydrogen-bond donors (Lipinski definition) is 2. The van der Waals surface area contributed by atoms with Crippen LogP contribution in [-0.4, -0.2) is 52.5 Å². The molecule has 0 bridgehead atoms. The molecule has 2 aromatic carbocycles. The lowest BCUT2D eigenvalue weighted by Crippen LogP contribution is -2.27. The van der Waals surface area contributed by atoms with Crippen molar-refractivity contribution < 1.29 is 14.6 Å². The second-order valence-corrected chi connectivity index (χ2v) is 8.31. The van der Waals surface area contributed by atoms with Crippen molar-refractivity contribution in [2.45, 2.75) is 26.1 Å². The summed E-state index contributed by atoms with van der Waals surface area (Å²) in [6.45, 7) is 2.71. The molecule has 0 unspecified atom stereocenters. The minimum atomic E-state index is -0.143. The molecule has 1 aliphatic rings. The molecule has 1 amide bonds. The van der Waals surface area contributed by atoms with E-state index in [1.165, 1.54) is 5.56 Å². The molecule has 0 fully saturated rings. The standard InChI is InChI=1S/C24H27ClN4O3/c1-28-15-20-22(16-28)27-29(24(20)19-7-2-3-8-21(19)25)14-17-5-4-6-18(13-17)32-12-9-23(31)26-10-11-30/h2-8,13,30H,9-12,14-16H2,1H3,(H,26,31). The zero-order valence-electron chi connectivity index (χ0n) is 18.1. The Morgan fingerprint density at radius 1 is 1.22 bits per heavy atom. The molecule has 0 atom stereocenters. The third kappa shape index (κ3) is 5.12. The number of benzene rings is 2. The summed E-state index contributed by atoms with van der Waals surface area (Å²) in [5, 5.41) is 17.0. The summed E-state index contributed by atoms with van der Waals surface area (Å²) in [4.78, 5) is 13.9. The van der Waals surface area contributed by atoms with Gasteiger partial charge in [0.25, 0.3) is 0 Å². The highest BCUT2D eigenvalue weighted by atomic mass is 35.5. The van der Waals surface area contributed by atoms with E-state index < -0.39 is 0 Å². The Balaban J connectivity index is 1.52. The van der Waals surface area contributed by atoms with Crippen LogP contribution in [0.5, 0.6) is 5.75 Å². The number of nitrogens with one attached hydrogen (secondary N) is 1. The molecule has 0 spiro atoms. The Morgan fingerprint density at radius 3 is 2.88 bits per heavy atom. The number of halogens is 1. The third-order valence-electron chi connectivity index (χ3n) is 5.37. The molecule has 8 heteroatoms. The first-order valence-electron chi connectivity index (χ1n) is 10.7. The lowest BCUT2D eigenvalue weighted by molar-refractivity contribution is -0.121. The van der Waals surface area contributed by atoms with Crippen molar-refractivity contribution >= 4 is 17.5 Å². The fourth-order valence-corrected chi connectivity index (χ4v) is 4.17. The minimum Gasteiger partial charge on any atom is -0.493 e. The average Bonchev–Trinajstić information content (AvgIpc) is 3.28. The Hall–Kier alpha value is -2.87. The van der Waals surface area contributed by atoms with E-state index in [2.05, 4.69) is 17.3 Å². The van der Waals surface area contributed by atoms with Gasteiger partial charge in [-0.15, -0.1) is 0 Å². The van der Waals surface area contributed by atoms with Crippen molar-refractivity contribution in [3.05, 3.63) is 70.4 Å². The van der Waals surface area contributed by atoms with E-state index in [4.69, 9.17) is 26.5 Å². The maximum atomic E-state index is 11.7. The number of carbonyl (C=O) groups is 1. The largest absolute Gasteiger partial charge is 0.493 e. The summed E-state index contributed by atoms with van der Waals surface area (Å²) in [5.41, 5.74) is 5.40. The zero-order valence-corrected chi connectivity index (χ0v) is 18.8. The van der Waals surface area contributed by atoms with Crippen molar-refractivity contribution in [1.29, 1.82) is 0 Å². The highest BCUT2D eigenvalue weighted by Crippen LogP contribution is 2.36. The van der Waals surface area contributed by atoms with Gasteiger partial charge in [0.15, 0.2) is 0 Å². The Kier molecular flexibility index (Phi) is 7.09. The monoisotopic (exact) mass is 454 g/mol. The molecule has 7 nitrogen and oxygen atoms in total. The maximum Gasteiger partial charge on any atom is 0.223 e. The number of nitrogens with zero attached hydrogens (tertiary/aromatic N) is 3. The van der Waals surface area contributed by atoms with Crippen LogP contribution >= 0.6 is 11.6 Å². The van der Waals surface area contributed by atoms with Crippen molar-refractivity contribution in [2.24, 2.45) is 0 Å². The fraction of sp³-hybridized carbons (Fsp3) is 0.333. The molecular formula is C24H27ClN4O3. The van der Waals surface area contributed by atoms with E-state index in [-0.39, 0.29) is 32.1 Å². The lowest BCUT2D eigenvalue weighted by Gasteiger charge is -2.14. The molecule has 168 valence electrons. The minimum absolute atomic E-state index is 0.0715. The van der Waals surface area contributed by atoms with Gasteiger partial charge >= 0.3 is 0 Å². The second-order valence-electron chi connectivity index (χ2n) is 7.90. The SMILES string of the molecule is CN1Cc2nn(Cc3cccc(OCCC(=O)NCCO)c3)c(-c3ccccc3Cl)c2C1. The molecule has 2 heterocycles. The number of amides is 1. The van der Waals surface area contributed by atoms with Crippen LogP contribution in [0.4, 0.5) is 0 Å². The second kappa shape index (κ2) is 10.2. The van der Waals surface area contributed by atoms with Crippen molar-refractivity contribution in [3.63, 3.8) is 0 Å². The number of aliphatic hydroxyl groups is 1. The number of carbonyl (C=O) groups excluding carboxylic acids is 1. The quantitative estimate of drug-likeness (QED) is 0.519. The maximum absolute atomic E-state index is 11.7. The van der Waals surface area contributed by atoms with Crippen LogP contribution in [0, 0.1) is 0 Å². The molecular weight excluding hydrogens is 428 g/mol. The first-order valence-corrected chi connectivity index (χ1v) is 11.0. The van der Waals surface area contributed by atoms with E-state index >= 15 is 0 Å². The van der Waals surface area contributed by atoms with Crippen molar-refractivity contribution in [1.82, 2.24) is 20.0 Å². The predicted octanol–water partition coefficient (Wildman–Crippen LogP) is 3.07. The molecule has 0 aliphatic carbocycles. The third-order valence-corrected chi connectivity index (χ3v) is 5.70. The van der Waals surface area contributed by atoms with E-state index in [1.807, 2.05) is 53.2 Å². The van der Waals surface area contributed by atoms with E-state index in [9.17, 15) is 4.79 Å². The molecule has 32 heavy (non-hydrogen) atoms. The van der Waals surface area contributed by atoms with E-state index in [1.54, 1.807) is 0 Å². The summed E-state index contributed by atoms with van der Waals surface area (Å²) < 4.78 is 7.79. The van der Waals surface area contributed by atoms with Crippen molar-refractivity contribution in [2.75, 3.05) is 26.8 Å². The summed E-state index contributed by atoms with van der Waals surface area (Å²) in [6.07, 6.45) is 0.236. The highest BCUT2D eigenvalue weighted by molar-refractivity contribution is 6.33. The first-order chi connectivity index (χ1) is 15.5. The Labute approximate surface area is 192 Å². The van der Waals surface area contributed by atoms with Gasteiger partial charge in [-0.1, -0.05) is 41.9 Å². The summed E-state index contributed by atoms with van der Waals surface area (Å²) >= 11 is 6.55. The van der Waals surface area contributed by atoms with Crippen LogP contribution in [0.1, 0.15) is 23.2 Å². The van der Waals surface area contributed by atoms with Gasteiger partial charge in [0.1, 0.15) is 5.75 Å². The summed E-state index contributed by atoms with van der Waals surface area (Å²) in [6, 6.07) is 15.7. The molecule has 0 saturated heterocycles. The number of fused-ring (bicyclic) bond motifs is 1. The lowest BCUT2D eigenvalue weighted by atomic mass is 10.1. The number of hydrogen-bond acceptors (Lipinski definition) is 5. The topological polar surface area (TPSA) is 79.6 Å². The first kappa shape index (κ1) is 22.3. The van der Waals surface area contributed by atoms with Crippen molar-refractivity contribution in [3.8, 4) is 17.0 Å². The average molecular weight is 455 g/mol. The zero-order chi connectivity index (χ0) is 22.5. The van der Waals surface area contributed by atoms with Crippen LogP contribution in [-0.2, 0) is 24.4 Å². The van der Waals surface area contributed by atoms with Gasteiger partial charge in [-0.25, -0.2) is 0 Å². The number of aliphatic hydroxyl groups excluding tert-OH is 1. The smallest absolute Gasteiger partial charge is 0.223 e. The Bertz CT molecular complexity index is 1100. The van der Waals surface area contributed by atoms with Crippen LogP contribution in [0.3, 0.4) is 0 Å². The van der Waals surface area contributed by atoms with Crippen LogP contribution in [0.15, 0.2) is 48.5 Å². The van der Waals surface area contributed by atoms with Gasteiger partial charge < -0.3 is 15.2 Å². The predicted molar refractivity (Wildman–Crippen MR) is 124 cm³/mol. The summed E-state index contributed by atoms with van der Waals surface area (Å²) in [7, 11) is 2.09. The van der Waals surface area contributed by atoms with Gasteiger partial charge in [0, 0.05) is 35.8 Å². The van der Waals surface area contributed by atoms with Crippen LogP contribution < -0.4 is 10.1 Å². The van der Waals surface area contributed by atoms with Gasteiger partial charge in [0.2, 0.25) is 5.91 Å². The van der Waals surface area contributed by atoms with Gasteiger partial charge in [-0.05, 0) is 30.8 Å². The molecule has 1 aromatic heterocycles. The molecule has 3 aromatic rings. The van der Waals surface area contributed by atoms with Gasteiger partial charge in [-0.3, -0.25) is 14.4 Å². The molecule has 1 aliphatic heterocycles. The number of aromatic nitrogens is 2. The van der Waals surface area contributed by atoms with E-state index in [0.717, 1.165) is 35.6 Å². The number of ether oxygens (including phenoxy) is 1. The van der Waals surface area contributed by atoms with Crippen LogP contribution in [0.2, 0.25) is 5.02 Å². The highest BCUT2D eigenvalue weighted by Gasteiger charge is 2.27. The molecule has 4 rings (SSSR count). The summed E-state index contributed by atoms with van der Waals surface area (Å²) in [5.74, 6) is 0.562.